The van der Waals surface area contributed by atoms with Gasteiger partial charge in [-0.2, -0.15) is 0 Å². The van der Waals surface area contributed by atoms with Crippen molar-refractivity contribution in [3.05, 3.63) is 0 Å². The Labute approximate surface area is 81.7 Å². The van der Waals surface area contributed by atoms with Crippen LogP contribution < -0.4 is 5.32 Å². The van der Waals surface area contributed by atoms with Crippen molar-refractivity contribution in [2.45, 2.75) is 45.1 Å². The molecule has 2 heteroatoms. The minimum atomic E-state index is 0. The van der Waals surface area contributed by atoms with Gasteiger partial charge in [0.25, 0.3) is 0 Å². The Morgan fingerprint density at radius 3 is 2.75 bits per heavy atom. The summed E-state index contributed by atoms with van der Waals surface area (Å²) in [6.07, 6.45) is 7.36. The molecule has 0 aromatic rings. The molecule has 0 spiro atoms. The fraction of sp³-hybridized carbons (Fsp3) is 1.00. The summed E-state index contributed by atoms with van der Waals surface area (Å²) in [6, 6.07) is 0.889. The standard InChI is InChI=1S/C10H19N.ClH/c1-8-6-9-4-2-3-5-10(9)11-7-8;/h8-11H,2-7H2,1H3;1H. The molecule has 1 nitrogen and oxygen atoms in total. The average Bonchev–Trinajstić information content (AvgIpc) is 2.04. The molecule has 1 heterocycles. The van der Waals surface area contributed by atoms with Gasteiger partial charge in [-0.1, -0.05) is 19.8 Å². The van der Waals surface area contributed by atoms with Gasteiger partial charge in [-0.15, -0.1) is 12.4 Å². The van der Waals surface area contributed by atoms with Crippen LogP contribution in [-0.4, -0.2) is 12.6 Å². The van der Waals surface area contributed by atoms with E-state index in [1.807, 2.05) is 0 Å². The zero-order valence-electron chi connectivity index (χ0n) is 7.88. The van der Waals surface area contributed by atoms with Gasteiger partial charge in [0.05, 0.1) is 0 Å². The third-order valence-electron chi connectivity index (χ3n) is 3.34. The van der Waals surface area contributed by atoms with Crippen molar-refractivity contribution in [2.24, 2.45) is 11.8 Å². The second-order valence-corrected chi connectivity index (χ2v) is 4.40. The molecular formula is C10H20ClN. The molecule has 1 saturated carbocycles. The summed E-state index contributed by atoms with van der Waals surface area (Å²) in [7, 11) is 0. The van der Waals surface area contributed by atoms with E-state index in [0.29, 0.717) is 0 Å². The van der Waals surface area contributed by atoms with E-state index in [4.69, 9.17) is 0 Å². The molecule has 1 N–H and O–H groups in total. The Bertz CT molecular complexity index is 138. The molecule has 0 amide bonds. The molecule has 2 aliphatic rings. The van der Waals surface area contributed by atoms with Crippen molar-refractivity contribution in [2.75, 3.05) is 6.54 Å². The van der Waals surface area contributed by atoms with E-state index in [9.17, 15) is 0 Å². The quantitative estimate of drug-likeness (QED) is 0.618. The van der Waals surface area contributed by atoms with Crippen LogP contribution in [0.15, 0.2) is 0 Å². The lowest BCUT2D eigenvalue weighted by atomic mass is 9.77. The SMILES string of the molecule is CC1CNC2CCCCC2C1.Cl. The van der Waals surface area contributed by atoms with Gasteiger partial charge in [0.15, 0.2) is 0 Å². The number of halogens is 1. The Kier molecular flexibility index (Phi) is 3.85. The molecule has 1 aliphatic carbocycles. The van der Waals surface area contributed by atoms with E-state index in [1.165, 1.54) is 38.6 Å². The van der Waals surface area contributed by atoms with Gasteiger partial charge < -0.3 is 5.32 Å². The van der Waals surface area contributed by atoms with Gasteiger partial charge in [-0.25, -0.2) is 0 Å². The Morgan fingerprint density at radius 1 is 1.17 bits per heavy atom. The predicted octanol–water partition coefficient (Wildman–Crippen LogP) is 2.60. The summed E-state index contributed by atoms with van der Waals surface area (Å²) in [4.78, 5) is 0. The molecule has 3 atom stereocenters. The Hall–Kier alpha value is 0.250. The van der Waals surface area contributed by atoms with Crippen molar-refractivity contribution in [1.29, 1.82) is 0 Å². The first-order chi connectivity index (χ1) is 5.36. The molecule has 0 radical (unpaired) electrons. The fourth-order valence-electron chi connectivity index (χ4n) is 2.71. The minimum absolute atomic E-state index is 0. The fourth-order valence-corrected chi connectivity index (χ4v) is 2.71. The zero-order valence-corrected chi connectivity index (χ0v) is 8.70. The van der Waals surface area contributed by atoms with Gasteiger partial charge in [0.2, 0.25) is 0 Å². The van der Waals surface area contributed by atoms with Crippen molar-refractivity contribution < 1.29 is 0 Å². The highest BCUT2D eigenvalue weighted by atomic mass is 35.5. The lowest BCUT2D eigenvalue weighted by Gasteiger charge is -2.39. The van der Waals surface area contributed by atoms with E-state index in [2.05, 4.69) is 12.2 Å². The summed E-state index contributed by atoms with van der Waals surface area (Å²) in [5, 5.41) is 3.67. The molecule has 1 saturated heterocycles. The second kappa shape index (κ2) is 4.48. The maximum Gasteiger partial charge on any atom is 0.00955 e. The zero-order chi connectivity index (χ0) is 7.68. The Morgan fingerprint density at radius 2 is 1.92 bits per heavy atom. The highest BCUT2D eigenvalue weighted by Crippen LogP contribution is 2.32. The summed E-state index contributed by atoms with van der Waals surface area (Å²) in [5.41, 5.74) is 0. The van der Waals surface area contributed by atoms with Gasteiger partial charge in [-0.3, -0.25) is 0 Å². The first kappa shape index (κ1) is 10.3. The van der Waals surface area contributed by atoms with Crippen LogP contribution in [0.5, 0.6) is 0 Å². The van der Waals surface area contributed by atoms with Gasteiger partial charge in [0, 0.05) is 6.04 Å². The van der Waals surface area contributed by atoms with Crippen LogP contribution in [0.2, 0.25) is 0 Å². The van der Waals surface area contributed by atoms with Crippen LogP contribution >= 0.6 is 12.4 Å². The first-order valence-corrected chi connectivity index (χ1v) is 5.09. The molecule has 12 heavy (non-hydrogen) atoms. The number of nitrogens with one attached hydrogen (secondary N) is 1. The lowest BCUT2D eigenvalue weighted by molar-refractivity contribution is 0.175. The number of hydrogen-bond acceptors (Lipinski definition) is 1. The summed E-state index contributed by atoms with van der Waals surface area (Å²) in [5.74, 6) is 1.95. The van der Waals surface area contributed by atoms with Crippen molar-refractivity contribution in [3.8, 4) is 0 Å². The summed E-state index contributed by atoms with van der Waals surface area (Å²) in [6.45, 7) is 3.64. The highest BCUT2D eigenvalue weighted by molar-refractivity contribution is 5.85. The number of hydrogen-bond donors (Lipinski definition) is 1. The molecule has 3 unspecified atom stereocenters. The van der Waals surface area contributed by atoms with Crippen LogP contribution in [0, 0.1) is 11.8 Å². The minimum Gasteiger partial charge on any atom is -0.313 e. The number of rotatable bonds is 0. The third-order valence-corrected chi connectivity index (χ3v) is 3.34. The molecule has 0 aromatic heterocycles. The topological polar surface area (TPSA) is 12.0 Å². The first-order valence-electron chi connectivity index (χ1n) is 5.09. The van der Waals surface area contributed by atoms with Crippen LogP contribution in [-0.2, 0) is 0 Å². The van der Waals surface area contributed by atoms with Crippen molar-refractivity contribution >= 4 is 12.4 Å². The average molecular weight is 190 g/mol. The van der Waals surface area contributed by atoms with E-state index in [0.717, 1.165) is 17.9 Å². The van der Waals surface area contributed by atoms with E-state index < -0.39 is 0 Å². The normalized spacial score (nSPS) is 41.2. The smallest absolute Gasteiger partial charge is 0.00955 e. The maximum atomic E-state index is 3.67. The largest absolute Gasteiger partial charge is 0.313 e. The maximum absolute atomic E-state index is 3.67. The monoisotopic (exact) mass is 189 g/mol. The molecule has 1 aliphatic heterocycles. The van der Waals surface area contributed by atoms with Gasteiger partial charge in [-0.05, 0) is 37.6 Å². The van der Waals surface area contributed by atoms with Crippen molar-refractivity contribution in [3.63, 3.8) is 0 Å². The van der Waals surface area contributed by atoms with E-state index >= 15 is 0 Å². The van der Waals surface area contributed by atoms with Crippen LogP contribution in [0.1, 0.15) is 39.0 Å². The predicted molar refractivity (Wildman–Crippen MR) is 54.8 cm³/mol. The van der Waals surface area contributed by atoms with Gasteiger partial charge >= 0.3 is 0 Å². The van der Waals surface area contributed by atoms with Crippen LogP contribution in [0.25, 0.3) is 0 Å². The van der Waals surface area contributed by atoms with Crippen LogP contribution in [0.3, 0.4) is 0 Å². The number of fused-ring (bicyclic) bond motifs is 1. The van der Waals surface area contributed by atoms with Crippen molar-refractivity contribution in [1.82, 2.24) is 5.32 Å². The second-order valence-electron chi connectivity index (χ2n) is 4.40. The lowest BCUT2D eigenvalue weighted by Crippen LogP contribution is -2.46. The van der Waals surface area contributed by atoms with Crippen LogP contribution in [0.4, 0.5) is 0 Å². The molecule has 2 fully saturated rings. The summed E-state index contributed by atoms with van der Waals surface area (Å²) < 4.78 is 0. The Balaban J connectivity index is 0.000000720. The highest BCUT2D eigenvalue weighted by Gasteiger charge is 2.29. The number of piperidine rings is 1. The van der Waals surface area contributed by atoms with E-state index in [1.54, 1.807) is 0 Å². The van der Waals surface area contributed by atoms with Gasteiger partial charge in [0.1, 0.15) is 0 Å². The van der Waals surface area contributed by atoms with E-state index in [-0.39, 0.29) is 12.4 Å². The molecular weight excluding hydrogens is 170 g/mol. The molecule has 72 valence electrons. The molecule has 2 rings (SSSR count). The summed E-state index contributed by atoms with van der Waals surface area (Å²) >= 11 is 0. The molecule has 0 bridgehead atoms. The molecule has 0 aromatic carbocycles. The third kappa shape index (κ3) is 2.14.